The summed E-state index contributed by atoms with van der Waals surface area (Å²) < 4.78 is 5.42. The van der Waals surface area contributed by atoms with E-state index in [1.165, 1.54) is 17.0 Å². The first-order valence-corrected chi connectivity index (χ1v) is 8.65. The van der Waals surface area contributed by atoms with Crippen molar-refractivity contribution < 1.29 is 9.21 Å². The first-order valence-electron chi connectivity index (χ1n) is 7.77. The second-order valence-electron chi connectivity index (χ2n) is 5.77. The predicted molar refractivity (Wildman–Crippen MR) is 89.8 cm³/mol. The maximum atomic E-state index is 12.6. The summed E-state index contributed by atoms with van der Waals surface area (Å²) in [5, 5.41) is 2.09. The van der Waals surface area contributed by atoms with E-state index >= 15 is 0 Å². The Morgan fingerprint density at radius 2 is 2.13 bits per heavy atom. The van der Waals surface area contributed by atoms with E-state index in [-0.39, 0.29) is 17.1 Å². The maximum absolute atomic E-state index is 12.6. The summed E-state index contributed by atoms with van der Waals surface area (Å²) in [6.07, 6.45) is 0.924. The Balaban J connectivity index is 1.65. The van der Waals surface area contributed by atoms with Gasteiger partial charge in [0, 0.05) is 49.7 Å². The van der Waals surface area contributed by atoms with Crippen molar-refractivity contribution in [3.8, 4) is 0 Å². The first kappa shape index (κ1) is 16.0. The van der Waals surface area contributed by atoms with Crippen molar-refractivity contribution in [1.29, 1.82) is 0 Å². The van der Waals surface area contributed by atoms with E-state index < -0.39 is 0 Å². The summed E-state index contributed by atoms with van der Waals surface area (Å²) >= 11 is 1.76. The van der Waals surface area contributed by atoms with Crippen molar-refractivity contribution in [2.75, 3.05) is 26.2 Å². The van der Waals surface area contributed by atoms with Gasteiger partial charge in [-0.25, -0.2) is 0 Å². The standard InChI is InChI=1S/C17H20N2O3S/c1-13-10-14(20)11-16(22-13)17(21)19-6-3-5-18(7-8-19)12-15-4-2-9-23-15/h2,4,9-11H,3,5-8,12H2,1H3. The van der Waals surface area contributed by atoms with Gasteiger partial charge in [0.2, 0.25) is 0 Å². The number of hydrogen-bond donors (Lipinski definition) is 0. The molecule has 1 fully saturated rings. The van der Waals surface area contributed by atoms with Crippen LogP contribution in [0.5, 0.6) is 0 Å². The molecule has 0 unspecified atom stereocenters. The summed E-state index contributed by atoms with van der Waals surface area (Å²) in [5.74, 6) is 0.417. The van der Waals surface area contributed by atoms with Crippen LogP contribution in [0.15, 0.2) is 38.9 Å². The van der Waals surface area contributed by atoms with E-state index in [9.17, 15) is 9.59 Å². The van der Waals surface area contributed by atoms with Crippen molar-refractivity contribution in [2.24, 2.45) is 0 Å². The molecule has 1 aliphatic rings. The zero-order valence-corrected chi connectivity index (χ0v) is 14.0. The monoisotopic (exact) mass is 332 g/mol. The molecular formula is C17H20N2O3S. The average Bonchev–Trinajstić information content (AvgIpc) is 2.90. The summed E-state index contributed by atoms with van der Waals surface area (Å²) in [6, 6.07) is 6.87. The van der Waals surface area contributed by atoms with Crippen LogP contribution in [0.2, 0.25) is 0 Å². The minimum atomic E-state index is -0.191. The highest BCUT2D eigenvalue weighted by molar-refractivity contribution is 7.09. The molecule has 1 aliphatic heterocycles. The van der Waals surface area contributed by atoms with Gasteiger partial charge >= 0.3 is 0 Å². The molecule has 3 rings (SSSR count). The van der Waals surface area contributed by atoms with Crippen LogP contribution in [0, 0.1) is 6.92 Å². The highest BCUT2D eigenvalue weighted by atomic mass is 32.1. The Hall–Kier alpha value is -1.92. The lowest BCUT2D eigenvalue weighted by Crippen LogP contribution is -2.35. The van der Waals surface area contributed by atoms with Crippen LogP contribution in [0.4, 0.5) is 0 Å². The largest absolute Gasteiger partial charge is 0.456 e. The molecule has 0 aromatic carbocycles. The van der Waals surface area contributed by atoms with Gasteiger partial charge in [-0.05, 0) is 24.8 Å². The van der Waals surface area contributed by atoms with Crippen LogP contribution in [0.25, 0.3) is 0 Å². The first-order chi connectivity index (χ1) is 11.1. The van der Waals surface area contributed by atoms with E-state index in [1.807, 2.05) is 0 Å². The normalized spacial score (nSPS) is 16.3. The van der Waals surface area contributed by atoms with Gasteiger partial charge in [0.15, 0.2) is 11.2 Å². The van der Waals surface area contributed by atoms with Crippen LogP contribution >= 0.6 is 11.3 Å². The molecule has 0 N–H and O–H groups in total. The van der Waals surface area contributed by atoms with Gasteiger partial charge in [-0.2, -0.15) is 0 Å². The molecule has 6 heteroatoms. The maximum Gasteiger partial charge on any atom is 0.289 e. The predicted octanol–water partition coefficient (Wildman–Crippen LogP) is 2.36. The van der Waals surface area contributed by atoms with Crippen molar-refractivity contribution in [3.63, 3.8) is 0 Å². The highest BCUT2D eigenvalue weighted by Gasteiger charge is 2.22. The van der Waals surface area contributed by atoms with E-state index in [2.05, 4.69) is 22.4 Å². The summed E-state index contributed by atoms with van der Waals surface area (Å²) in [7, 11) is 0. The number of aryl methyl sites for hydroxylation is 1. The Kier molecular flexibility index (Phi) is 4.93. The molecule has 0 atom stereocenters. The molecule has 0 radical (unpaired) electrons. The number of carbonyl (C=O) groups is 1. The summed E-state index contributed by atoms with van der Waals surface area (Å²) in [5.41, 5.74) is -0.189. The molecule has 0 bridgehead atoms. The zero-order chi connectivity index (χ0) is 16.2. The van der Waals surface area contributed by atoms with E-state index in [1.54, 1.807) is 23.2 Å². The second-order valence-corrected chi connectivity index (χ2v) is 6.80. The SMILES string of the molecule is Cc1cc(=O)cc(C(=O)N2CCCN(Cc3cccs3)CC2)o1. The van der Waals surface area contributed by atoms with Crippen LogP contribution in [0.3, 0.4) is 0 Å². The van der Waals surface area contributed by atoms with Gasteiger partial charge in [-0.15, -0.1) is 11.3 Å². The number of thiophene rings is 1. The number of rotatable bonds is 3. The number of amides is 1. The average molecular weight is 332 g/mol. The van der Waals surface area contributed by atoms with Gasteiger partial charge < -0.3 is 9.32 Å². The molecule has 2 aromatic rings. The van der Waals surface area contributed by atoms with E-state index in [4.69, 9.17) is 4.42 Å². The molecular weight excluding hydrogens is 312 g/mol. The topological polar surface area (TPSA) is 53.8 Å². The molecule has 1 amide bonds. The minimum Gasteiger partial charge on any atom is -0.456 e. The van der Waals surface area contributed by atoms with Crippen LogP contribution in [0.1, 0.15) is 27.6 Å². The van der Waals surface area contributed by atoms with Gasteiger partial charge in [0.05, 0.1) is 0 Å². The lowest BCUT2D eigenvalue weighted by atomic mass is 10.3. The third-order valence-corrected chi connectivity index (χ3v) is 4.80. The summed E-state index contributed by atoms with van der Waals surface area (Å²) in [6.45, 7) is 5.76. The Labute approximate surface area is 139 Å². The lowest BCUT2D eigenvalue weighted by Gasteiger charge is -2.21. The number of carbonyl (C=O) groups excluding carboxylic acids is 1. The molecule has 2 aromatic heterocycles. The number of hydrogen-bond acceptors (Lipinski definition) is 5. The molecule has 5 nitrogen and oxygen atoms in total. The molecule has 1 saturated heterocycles. The third-order valence-electron chi connectivity index (χ3n) is 3.94. The molecule has 3 heterocycles. The van der Waals surface area contributed by atoms with Gasteiger partial charge in [0.1, 0.15) is 5.76 Å². The van der Waals surface area contributed by atoms with Crippen LogP contribution in [-0.4, -0.2) is 41.9 Å². The fraction of sp³-hybridized carbons (Fsp3) is 0.412. The van der Waals surface area contributed by atoms with Crippen molar-refractivity contribution in [2.45, 2.75) is 19.9 Å². The number of nitrogens with zero attached hydrogens (tertiary/aromatic N) is 2. The van der Waals surface area contributed by atoms with Gasteiger partial charge in [0.25, 0.3) is 5.91 Å². The fourth-order valence-electron chi connectivity index (χ4n) is 2.82. The second kappa shape index (κ2) is 7.10. The van der Waals surface area contributed by atoms with Gasteiger partial charge in [-0.3, -0.25) is 14.5 Å². The van der Waals surface area contributed by atoms with Crippen LogP contribution in [-0.2, 0) is 6.54 Å². The molecule has 23 heavy (non-hydrogen) atoms. The van der Waals surface area contributed by atoms with Crippen LogP contribution < -0.4 is 5.43 Å². The lowest BCUT2D eigenvalue weighted by molar-refractivity contribution is 0.0724. The molecule has 122 valence electrons. The fourth-order valence-corrected chi connectivity index (χ4v) is 3.57. The third kappa shape index (κ3) is 4.09. The van der Waals surface area contributed by atoms with Crippen molar-refractivity contribution in [3.05, 3.63) is 56.3 Å². The minimum absolute atomic E-state index is 0.140. The quantitative estimate of drug-likeness (QED) is 0.866. The Bertz CT molecular complexity index is 724. The van der Waals surface area contributed by atoms with E-state index in [0.717, 1.165) is 26.1 Å². The van der Waals surface area contributed by atoms with Crippen molar-refractivity contribution in [1.82, 2.24) is 9.80 Å². The van der Waals surface area contributed by atoms with E-state index in [0.29, 0.717) is 18.8 Å². The van der Waals surface area contributed by atoms with Gasteiger partial charge in [-0.1, -0.05) is 6.07 Å². The Morgan fingerprint density at radius 3 is 2.87 bits per heavy atom. The van der Waals surface area contributed by atoms with Crippen molar-refractivity contribution >= 4 is 17.2 Å². The molecule has 0 saturated carbocycles. The summed E-state index contributed by atoms with van der Waals surface area (Å²) in [4.78, 5) is 29.6. The highest BCUT2D eigenvalue weighted by Crippen LogP contribution is 2.15. The smallest absolute Gasteiger partial charge is 0.289 e. The Morgan fingerprint density at radius 1 is 1.26 bits per heavy atom. The molecule has 0 spiro atoms. The molecule has 0 aliphatic carbocycles. The zero-order valence-electron chi connectivity index (χ0n) is 13.2.